The molecule has 0 spiro atoms. The lowest BCUT2D eigenvalue weighted by Gasteiger charge is -2.24. The fourth-order valence-corrected chi connectivity index (χ4v) is 4.25. The molecule has 0 unspecified atom stereocenters. The molecule has 1 heterocycles. The lowest BCUT2D eigenvalue weighted by Crippen LogP contribution is -2.38. The van der Waals surface area contributed by atoms with Gasteiger partial charge in [-0.25, -0.2) is 0 Å². The largest absolute Gasteiger partial charge is 0.481 e. The van der Waals surface area contributed by atoms with Crippen molar-refractivity contribution in [3.8, 4) is 0 Å². The molecule has 1 saturated heterocycles. The molecular formula is C19H23NO3. The van der Waals surface area contributed by atoms with Crippen LogP contribution in [-0.2, 0) is 15.0 Å². The van der Waals surface area contributed by atoms with Crippen LogP contribution in [0.1, 0.15) is 36.8 Å². The second-order valence-corrected chi connectivity index (χ2v) is 7.61. The first-order chi connectivity index (χ1) is 11.0. The Hall–Kier alpha value is -1.84. The molecule has 3 fully saturated rings. The van der Waals surface area contributed by atoms with Gasteiger partial charge in [0.15, 0.2) is 0 Å². The maximum absolute atomic E-state index is 13.1. The monoisotopic (exact) mass is 313 g/mol. The maximum atomic E-state index is 13.1. The van der Waals surface area contributed by atoms with Crippen molar-refractivity contribution in [1.82, 2.24) is 4.90 Å². The number of aryl methyl sites for hydroxylation is 1. The van der Waals surface area contributed by atoms with Crippen LogP contribution in [0.15, 0.2) is 24.3 Å². The van der Waals surface area contributed by atoms with Gasteiger partial charge in [-0.1, -0.05) is 29.8 Å². The molecule has 1 amide bonds. The van der Waals surface area contributed by atoms with Crippen LogP contribution in [0.5, 0.6) is 0 Å². The molecule has 2 saturated carbocycles. The van der Waals surface area contributed by atoms with Crippen molar-refractivity contribution in [2.45, 2.75) is 38.0 Å². The fraction of sp³-hybridized carbons (Fsp3) is 0.579. The minimum Gasteiger partial charge on any atom is -0.481 e. The van der Waals surface area contributed by atoms with Gasteiger partial charge in [0.2, 0.25) is 5.91 Å². The van der Waals surface area contributed by atoms with Gasteiger partial charge in [-0.3, -0.25) is 9.59 Å². The van der Waals surface area contributed by atoms with Crippen LogP contribution < -0.4 is 0 Å². The third-order valence-corrected chi connectivity index (χ3v) is 5.93. The van der Waals surface area contributed by atoms with Crippen molar-refractivity contribution in [3.63, 3.8) is 0 Å². The highest BCUT2D eigenvalue weighted by molar-refractivity contribution is 5.92. The van der Waals surface area contributed by atoms with E-state index in [1.165, 1.54) is 5.56 Å². The molecule has 4 nitrogen and oxygen atoms in total. The van der Waals surface area contributed by atoms with Crippen molar-refractivity contribution < 1.29 is 14.7 Å². The van der Waals surface area contributed by atoms with Gasteiger partial charge in [-0.2, -0.15) is 0 Å². The molecule has 23 heavy (non-hydrogen) atoms. The summed E-state index contributed by atoms with van der Waals surface area (Å²) in [6.45, 7) is 3.07. The Balaban J connectivity index is 1.56. The Kier molecular flexibility index (Phi) is 3.26. The van der Waals surface area contributed by atoms with E-state index in [0.717, 1.165) is 31.2 Å². The topological polar surface area (TPSA) is 57.6 Å². The molecule has 122 valence electrons. The standard InChI is InChI=1S/C19H23NO3/c1-12-3-2-4-14(9-12)19(7-8-19)18(23)20-10-15(13-5-6-13)16(11-20)17(21)22/h2-4,9,13,15-16H,5-8,10-11H2,1H3,(H,21,22)/t15-,16+/m1/s1. The van der Waals surface area contributed by atoms with Gasteiger partial charge in [0, 0.05) is 13.1 Å². The van der Waals surface area contributed by atoms with Crippen LogP contribution in [-0.4, -0.2) is 35.0 Å². The van der Waals surface area contributed by atoms with Crippen LogP contribution in [0.3, 0.4) is 0 Å². The molecule has 2 atom stereocenters. The van der Waals surface area contributed by atoms with E-state index < -0.39 is 5.97 Å². The zero-order valence-electron chi connectivity index (χ0n) is 13.5. The van der Waals surface area contributed by atoms with Gasteiger partial charge in [0.25, 0.3) is 0 Å². The summed E-state index contributed by atoms with van der Waals surface area (Å²) in [5, 5.41) is 9.49. The predicted octanol–water partition coefficient (Wildman–Crippen LogP) is 2.60. The Morgan fingerprint density at radius 1 is 1.22 bits per heavy atom. The highest BCUT2D eigenvalue weighted by Gasteiger charge is 2.56. The first-order valence-corrected chi connectivity index (χ1v) is 8.60. The third-order valence-electron chi connectivity index (χ3n) is 5.93. The Morgan fingerprint density at radius 2 is 1.96 bits per heavy atom. The van der Waals surface area contributed by atoms with Gasteiger partial charge in [0.1, 0.15) is 0 Å². The van der Waals surface area contributed by atoms with Crippen molar-refractivity contribution in [2.75, 3.05) is 13.1 Å². The van der Waals surface area contributed by atoms with E-state index in [4.69, 9.17) is 0 Å². The zero-order valence-corrected chi connectivity index (χ0v) is 13.5. The van der Waals surface area contributed by atoms with E-state index in [-0.39, 0.29) is 23.2 Å². The number of carbonyl (C=O) groups excluding carboxylic acids is 1. The number of likely N-dealkylation sites (tertiary alicyclic amines) is 1. The molecule has 3 aliphatic rings. The second kappa shape index (κ2) is 5.08. The minimum absolute atomic E-state index is 0.150. The van der Waals surface area contributed by atoms with E-state index in [1.807, 2.05) is 30.0 Å². The van der Waals surface area contributed by atoms with Crippen molar-refractivity contribution in [3.05, 3.63) is 35.4 Å². The summed E-state index contributed by atoms with van der Waals surface area (Å²) in [5.41, 5.74) is 1.89. The van der Waals surface area contributed by atoms with Crippen LogP contribution in [0.2, 0.25) is 0 Å². The number of carboxylic acid groups (broad SMARTS) is 1. The van der Waals surface area contributed by atoms with Crippen LogP contribution in [0.4, 0.5) is 0 Å². The van der Waals surface area contributed by atoms with Crippen LogP contribution in [0.25, 0.3) is 0 Å². The van der Waals surface area contributed by atoms with E-state index in [2.05, 4.69) is 6.07 Å². The van der Waals surface area contributed by atoms with E-state index >= 15 is 0 Å². The molecule has 1 aromatic rings. The third kappa shape index (κ3) is 2.44. The summed E-state index contributed by atoms with van der Waals surface area (Å²) in [5.74, 6) is -0.289. The van der Waals surface area contributed by atoms with Gasteiger partial charge < -0.3 is 10.0 Å². The maximum Gasteiger partial charge on any atom is 0.308 e. The normalized spacial score (nSPS) is 28.7. The first kappa shape index (κ1) is 14.7. The molecule has 1 aliphatic heterocycles. The average Bonchev–Trinajstić information content (AvgIpc) is 3.44. The number of hydrogen-bond donors (Lipinski definition) is 1. The zero-order chi connectivity index (χ0) is 16.2. The first-order valence-electron chi connectivity index (χ1n) is 8.60. The van der Waals surface area contributed by atoms with Crippen molar-refractivity contribution in [2.24, 2.45) is 17.8 Å². The fourth-order valence-electron chi connectivity index (χ4n) is 4.25. The SMILES string of the molecule is Cc1cccc(C2(C(=O)N3C[C@H](C(=O)O)[C@@H](C4CC4)C3)CC2)c1. The Morgan fingerprint density at radius 3 is 2.52 bits per heavy atom. The number of carbonyl (C=O) groups is 2. The summed E-state index contributed by atoms with van der Waals surface area (Å²) in [6, 6.07) is 8.20. The minimum atomic E-state index is -0.738. The summed E-state index contributed by atoms with van der Waals surface area (Å²) >= 11 is 0. The average molecular weight is 313 g/mol. The number of carboxylic acids is 1. The van der Waals surface area contributed by atoms with Crippen LogP contribution >= 0.6 is 0 Å². The number of amides is 1. The number of aliphatic carboxylic acids is 1. The molecule has 1 aromatic carbocycles. The molecule has 0 radical (unpaired) electrons. The lowest BCUT2D eigenvalue weighted by molar-refractivity contribution is -0.142. The molecular weight excluding hydrogens is 290 g/mol. The van der Waals surface area contributed by atoms with Crippen molar-refractivity contribution in [1.29, 1.82) is 0 Å². The molecule has 1 N–H and O–H groups in total. The quantitative estimate of drug-likeness (QED) is 0.929. The van der Waals surface area contributed by atoms with E-state index in [9.17, 15) is 14.7 Å². The number of benzene rings is 1. The predicted molar refractivity (Wildman–Crippen MR) is 86.0 cm³/mol. The molecule has 2 aliphatic carbocycles. The lowest BCUT2D eigenvalue weighted by atomic mass is 9.92. The summed E-state index contributed by atoms with van der Waals surface area (Å²) in [4.78, 5) is 26.5. The smallest absolute Gasteiger partial charge is 0.308 e. The van der Waals surface area contributed by atoms with Crippen LogP contribution in [0, 0.1) is 24.7 Å². The van der Waals surface area contributed by atoms with Gasteiger partial charge in [-0.15, -0.1) is 0 Å². The molecule has 4 rings (SSSR count). The van der Waals surface area contributed by atoms with E-state index in [0.29, 0.717) is 19.0 Å². The number of hydrogen-bond acceptors (Lipinski definition) is 2. The van der Waals surface area contributed by atoms with Gasteiger partial charge in [0.05, 0.1) is 11.3 Å². The Bertz CT molecular complexity index is 660. The number of nitrogens with zero attached hydrogens (tertiary/aromatic N) is 1. The molecule has 4 heteroatoms. The summed E-state index contributed by atoms with van der Waals surface area (Å²) in [7, 11) is 0. The van der Waals surface area contributed by atoms with E-state index in [1.54, 1.807) is 0 Å². The number of rotatable bonds is 4. The second-order valence-electron chi connectivity index (χ2n) is 7.61. The molecule has 0 aromatic heterocycles. The molecule has 0 bridgehead atoms. The summed E-state index contributed by atoms with van der Waals surface area (Å²) < 4.78 is 0. The Labute approximate surface area is 136 Å². The van der Waals surface area contributed by atoms with Gasteiger partial charge >= 0.3 is 5.97 Å². The van der Waals surface area contributed by atoms with Crippen molar-refractivity contribution >= 4 is 11.9 Å². The summed E-state index contributed by atoms with van der Waals surface area (Å²) in [6.07, 6.45) is 4.02. The highest BCUT2D eigenvalue weighted by Crippen LogP contribution is 2.52. The van der Waals surface area contributed by atoms with Gasteiger partial charge in [-0.05, 0) is 50.0 Å². The highest BCUT2D eigenvalue weighted by atomic mass is 16.4.